The second-order valence-electron chi connectivity index (χ2n) is 8.46. The van der Waals surface area contributed by atoms with Gasteiger partial charge in [-0.15, -0.1) is 0 Å². The number of hydrogen-bond acceptors (Lipinski definition) is 4. The molecule has 29 heavy (non-hydrogen) atoms. The van der Waals surface area contributed by atoms with Crippen molar-refractivity contribution in [3.05, 3.63) is 53.6 Å². The third-order valence-electron chi connectivity index (χ3n) is 6.87. The molecule has 0 spiro atoms. The lowest BCUT2D eigenvalue weighted by Crippen LogP contribution is -2.35. The topological polar surface area (TPSA) is 66.8 Å². The second-order valence-corrected chi connectivity index (χ2v) is 10.00. The van der Waals surface area contributed by atoms with Crippen LogP contribution in [-0.2, 0) is 16.7 Å². The fraction of sp³-hybridized carbons (Fsp3) is 0.478. The number of nitrogens with zero attached hydrogens (tertiary/aromatic N) is 1. The molecule has 0 saturated heterocycles. The normalized spacial score (nSPS) is 26.6. The Kier molecular flexibility index (Phi) is 5.00. The number of fused-ring (bicyclic) bond motifs is 5. The van der Waals surface area contributed by atoms with Crippen molar-refractivity contribution in [1.82, 2.24) is 4.31 Å². The second kappa shape index (κ2) is 7.11. The summed E-state index contributed by atoms with van der Waals surface area (Å²) < 4.78 is 31.5. The molecule has 6 heteroatoms. The van der Waals surface area contributed by atoms with Crippen LogP contribution in [-0.4, -0.2) is 37.0 Å². The number of benzene rings is 2. The fourth-order valence-corrected chi connectivity index (χ4v) is 6.33. The fourth-order valence-electron chi connectivity index (χ4n) is 5.24. The first-order valence-corrected chi connectivity index (χ1v) is 11.7. The predicted molar refractivity (Wildman–Crippen MR) is 115 cm³/mol. The van der Waals surface area contributed by atoms with Gasteiger partial charge in [0.2, 0.25) is 0 Å². The zero-order chi connectivity index (χ0) is 21.0. The molecule has 0 aliphatic heterocycles. The zero-order valence-electron chi connectivity index (χ0n) is 17.3. The zero-order valence-corrected chi connectivity index (χ0v) is 18.1. The lowest BCUT2D eigenvalue weighted by Gasteiger charge is -2.40. The summed E-state index contributed by atoms with van der Waals surface area (Å²) in [6.07, 6.45) is 2.12. The van der Waals surface area contributed by atoms with Crippen LogP contribution in [0.1, 0.15) is 50.7 Å². The summed E-state index contributed by atoms with van der Waals surface area (Å²) >= 11 is 0. The van der Waals surface area contributed by atoms with E-state index < -0.39 is 10.3 Å². The van der Waals surface area contributed by atoms with Gasteiger partial charge >= 0.3 is 10.3 Å². The molecule has 4 rings (SSSR count). The van der Waals surface area contributed by atoms with Crippen LogP contribution in [0.3, 0.4) is 0 Å². The van der Waals surface area contributed by atoms with Gasteiger partial charge in [-0.3, -0.25) is 0 Å². The molecule has 1 saturated carbocycles. The summed E-state index contributed by atoms with van der Waals surface area (Å²) in [4.78, 5) is 0. The van der Waals surface area contributed by atoms with Gasteiger partial charge in [0.05, 0.1) is 6.10 Å². The quantitative estimate of drug-likeness (QED) is 0.745. The molecule has 2 aromatic carbocycles. The van der Waals surface area contributed by atoms with Gasteiger partial charge in [0.1, 0.15) is 5.75 Å². The minimum atomic E-state index is -3.80. The van der Waals surface area contributed by atoms with E-state index in [2.05, 4.69) is 19.6 Å². The van der Waals surface area contributed by atoms with Crippen LogP contribution < -0.4 is 4.18 Å². The van der Waals surface area contributed by atoms with Gasteiger partial charge in [0.25, 0.3) is 0 Å². The average Bonchev–Trinajstić information content (AvgIpc) is 2.90. The van der Waals surface area contributed by atoms with E-state index in [0.717, 1.165) is 29.2 Å². The minimum Gasteiger partial charge on any atom is -0.392 e. The third kappa shape index (κ3) is 3.18. The Hall–Kier alpha value is -1.89. The van der Waals surface area contributed by atoms with E-state index in [1.165, 1.54) is 15.4 Å². The molecule has 0 radical (unpaired) electrons. The molecule has 1 N–H and O–H groups in total. The van der Waals surface area contributed by atoms with Gasteiger partial charge in [0, 0.05) is 24.4 Å². The number of aryl methyl sites for hydroxylation is 1. The smallest absolute Gasteiger partial charge is 0.385 e. The van der Waals surface area contributed by atoms with Gasteiger partial charge in [-0.1, -0.05) is 51.1 Å². The molecule has 0 unspecified atom stereocenters. The first kappa shape index (κ1) is 20.4. The van der Waals surface area contributed by atoms with E-state index in [1.54, 1.807) is 26.0 Å². The molecule has 2 aromatic rings. The summed E-state index contributed by atoms with van der Waals surface area (Å²) in [5.74, 6) is 0.496. The monoisotopic (exact) mass is 415 g/mol. The van der Waals surface area contributed by atoms with Gasteiger partial charge in [-0.2, -0.15) is 12.7 Å². The van der Waals surface area contributed by atoms with E-state index in [1.807, 2.05) is 12.1 Å². The Morgan fingerprint density at radius 1 is 1.24 bits per heavy atom. The van der Waals surface area contributed by atoms with Crippen molar-refractivity contribution in [3.63, 3.8) is 0 Å². The van der Waals surface area contributed by atoms with Crippen LogP contribution in [0, 0.1) is 5.41 Å². The number of aliphatic hydroxyl groups is 1. The molecule has 0 heterocycles. The van der Waals surface area contributed by atoms with Gasteiger partial charge < -0.3 is 9.29 Å². The summed E-state index contributed by atoms with van der Waals surface area (Å²) in [7, 11) is -3.80. The molecule has 2 aliphatic rings. The van der Waals surface area contributed by atoms with E-state index >= 15 is 0 Å². The van der Waals surface area contributed by atoms with E-state index in [9.17, 15) is 13.5 Å². The van der Waals surface area contributed by atoms with Crippen molar-refractivity contribution in [2.75, 3.05) is 13.1 Å². The van der Waals surface area contributed by atoms with Gasteiger partial charge in [-0.25, -0.2) is 0 Å². The summed E-state index contributed by atoms with van der Waals surface area (Å²) in [5.41, 5.74) is 3.47. The standard InChI is InChI=1S/C23H29NO4S/c1-5-24(6-2)29(26,27)28-17-8-10-18-16(14-17)7-9-20-19(18)11-12-23(4)21(25)13-15(3)22(20)23/h7-10,14,21-22,25H,3,5-6,11-13H2,1-2,4H3/t21-,22-,23+/m0/s1. The third-order valence-corrected chi connectivity index (χ3v) is 8.42. The summed E-state index contributed by atoms with van der Waals surface area (Å²) in [6, 6.07) is 9.62. The Morgan fingerprint density at radius 2 is 1.97 bits per heavy atom. The molecule has 2 aliphatic carbocycles. The molecule has 5 nitrogen and oxygen atoms in total. The Labute approximate surface area is 173 Å². The molecular weight excluding hydrogens is 386 g/mol. The van der Waals surface area contributed by atoms with Crippen LogP contribution >= 0.6 is 0 Å². The van der Waals surface area contributed by atoms with Crippen molar-refractivity contribution in [3.8, 4) is 5.75 Å². The van der Waals surface area contributed by atoms with Crippen molar-refractivity contribution in [2.45, 2.75) is 52.1 Å². The maximum atomic E-state index is 12.4. The largest absolute Gasteiger partial charge is 0.392 e. The van der Waals surface area contributed by atoms with Crippen LogP contribution in [0.15, 0.2) is 42.5 Å². The lowest BCUT2D eigenvalue weighted by atomic mass is 9.65. The lowest BCUT2D eigenvalue weighted by molar-refractivity contribution is 0.0460. The van der Waals surface area contributed by atoms with E-state index in [0.29, 0.717) is 25.3 Å². The molecule has 0 bridgehead atoms. The Balaban J connectivity index is 1.73. The Bertz CT molecular complexity index is 1070. The number of rotatable bonds is 5. The van der Waals surface area contributed by atoms with E-state index in [4.69, 9.17) is 4.18 Å². The van der Waals surface area contributed by atoms with Gasteiger partial charge in [-0.05, 0) is 53.3 Å². The SMILES string of the molecule is C=C1C[C@H](O)[C@@]2(C)CCc3c(ccc4cc(OS(=O)(=O)N(CC)CC)ccc34)[C@H]12. The highest BCUT2D eigenvalue weighted by Gasteiger charge is 2.51. The van der Waals surface area contributed by atoms with Crippen molar-refractivity contribution < 1.29 is 17.7 Å². The first-order chi connectivity index (χ1) is 13.7. The van der Waals surface area contributed by atoms with Crippen LogP contribution in [0.2, 0.25) is 0 Å². The predicted octanol–water partition coefficient (Wildman–Crippen LogP) is 4.16. The highest BCUT2D eigenvalue weighted by atomic mass is 32.2. The Morgan fingerprint density at radius 3 is 2.66 bits per heavy atom. The van der Waals surface area contributed by atoms with Crippen LogP contribution in [0.25, 0.3) is 10.8 Å². The van der Waals surface area contributed by atoms with E-state index in [-0.39, 0.29) is 17.4 Å². The first-order valence-electron chi connectivity index (χ1n) is 10.3. The van der Waals surface area contributed by atoms with Crippen molar-refractivity contribution in [1.29, 1.82) is 0 Å². The maximum absolute atomic E-state index is 12.4. The molecule has 0 aromatic heterocycles. The highest BCUT2D eigenvalue weighted by Crippen LogP contribution is 2.58. The number of hydrogen-bond donors (Lipinski definition) is 1. The van der Waals surface area contributed by atoms with Gasteiger partial charge in [0.15, 0.2) is 0 Å². The van der Waals surface area contributed by atoms with Crippen LogP contribution in [0.5, 0.6) is 5.75 Å². The average molecular weight is 416 g/mol. The molecular formula is C23H29NO4S. The summed E-state index contributed by atoms with van der Waals surface area (Å²) in [6.45, 7) is 10.7. The van der Waals surface area contributed by atoms with Crippen molar-refractivity contribution >= 4 is 21.1 Å². The van der Waals surface area contributed by atoms with Crippen LogP contribution in [0.4, 0.5) is 0 Å². The molecule has 156 valence electrons. The number of aliphatic hydroxyl groups excluding tert-OH is 1. The molecule has 0 amide bonds. The highest BCUT2D eigenvalue weighted by molar-refractivity contribution is 7.84. The summed E-state index contributed by atoms with van der Waals surface area (Å²) in [5, 5.41) is 12.7. The molecule has 1 fully saturated rings. The minimum absolute atomic E-state index is 0.154. The van der Waals surface area contributed by atoms with Crippen molar-refractivity contribution in [2.24, 2.45) is 5.41 Å². The maximum Gasteiger partial charge on any atom is 0.385 e. The molecule has 3 atom stereocenters.